The Morgan fingerprint density at radius 3 is 2.79 bits per heavy atom. The van der Waals surface area contributed by atoms with Crippen LogP contribution in [0.15, 0.2) is 18.2 Å². The van der Waals surface area contributed by atoms with E-state index in [1.54, 1.807) is 19.2 Å². The van der Waals surface area contributed by atoms with Crippen molar-refractivity contribution in [1.82, 2.24) is 5.32 Å². The van der Waals surface area contributed by atoms with Crippen molar-refractivity contribution in [2.75, 3.05) is 38.8 Å². The van der Waals surface area contributed by atoms with E-state index >= 15 is 0 Å². The van der Waals surface area contributed by atoms with E-state index in [2.05, 4.69) is 17.1 Å². The van der Waals surface area contributed by atoms with E-state index in [1.165, 1.54) is 0 Å². The third-order valence-corrected chi connectivity index (χ3v) is 2.98. The van der Waals surface area contributed by atoms with Gasteiger partial charge in [0, 0.05) is 39.5 Å². The first-order chi connectivity index (χ1) is 9.17. The van der Waals surface area contributed by atoms with Gasteiger partial charge in [0.05, 0.1) is 0 Å². The molecular formula is C15H25FN2O. The molecule has 0 saturated carbocycles. The van der Waals surface area contributed by atoms with Crippen molar-refractivity contribution < 1.29 is 9.13 Å². The quantitative estimate of drug-likeness (QED) is 0.697. The first kappa shape index (κ1) is 15.9. The van der Waals surface area contributed by atoms with E-state index in [9.17, 15) is 4.39 Å². The molecule has 1 aromatic rings. The van der Waals surface area contributed by atoms with Gasteiger partial charge in [0.25, 0.3) is 0 Å². The lowest BCUT2D eigenvalue weighted by atomic mass is 10.1. The van der Waals surface area contributed by atoms with Gasteiger partial charge in [-0.25, -0.2) is 4.39 Å². The van der Waals surface area contributed by atoms with Crippen molar-refractivity contribution in [1.29, 1.82) is 0 Å². The van der Waals surface area contributed by atoms with Gasteiger partial charge in [-0.15, -0.1) is 0 Å². The number of hydrogen-bond acceptors (Lipinski definition) is 3. The minimum Gasteiger partial charge on any atom is -0.385 e. The molecule has 0 aliphatic heterocycles. The van der Waals surface area contributed by atoms with Crippen LogP contribution in [0, 0.1) is 5.82 Å². The van der Waals surface area contributed by atoms with E-state index < -0.39 is 0 Å². The summed E-state index contributed by atoms with van der Waals surface area (Å²) in [5.74, 6) is -0.176. The van der Waals surface area contributed by atoms with Crippen LogP contribution in [0.1, 0.15) is 25.3 Å². The molecule has 108 valence electrons. The fourth-order valence-electron chi connectivity index (χ4n) is 1.94. The normalized spacial score (nSPS) is 10.7. The highest BCUT2D eigenvalue weighted by Gasteiger charge is 2.05. The van der Waals surface area contributed by atoms with Crippen molar-refractivity contribution in [3.05, 3.63) is 29.6 Å². The lowest BCUT2D eigenvalue weighted by molar-refractivity contribution is 0.196. The highest BCUT2D eigenvalue weighted by molar-refractivity contribution is 5.48. The number of methoxy groups -OCH3 is 1. The van der Waals surface area contributed by atoms with E-state index in [4.69, 9.17) is 4.74 Å². The molecule has 0 aliphatic rings. The lowest BCUT2D eigenvalue weighted by Crippen LogP contribution is -2.20. The molecule has 3 nitrogen and oxygen atoms in total. The molecule has 19 heavy (non-hydrogen) atoms. The van der Waals surface area contributed by atoms with Gasteiger partial charge >= 0.3 is 0 Å². The van der Waals surface area contributed by atoms with Gasteiger partial charge in [-0.1, -0.05) is 6.92 Å². The van der Waals surface area contributed by atoms with Crippen molar-refractivity contribution in [2.45, 2.75) is 26.3 Å². The summed E-state index contributed by atoms with van der Waals surface area (Å²) in [6, 6.07) is 5.21. The van der Waals surface area contributed by atoms with Crippen LogP contribution >= 0.6 is 0 Å². The number of nitrogens with zero attached hydrogens (tertiary/aromatic N) is 1. The Morgan fingerprint density at radius 1 is 1.32 bits per heavy atom. The Hall–Kier alpha value is -1.13. The molecule has 0 unspecified atom stereocenters. The molecule has 1 rings (SSSR count). The molecule has 0 spiro atoms. The monoisotopic (exact) mass is 268 g/mol. The van der Waals surface area contributed by atoms with Gasteiger partial charge in [0.2, 0.25) is 0 Å². The minimum absolute atomic E-state index is 0.176. The zero-order valence-electron chi connectivity index (χ0n) is 12.2. The Morgan fingerprint density at radius 2 is 2.11 bits per heavy atom. The number of benzene rings is 1. The van der Waals surface area contributed by atoms with Gasteiger partial charge in [-0.3, -0.25) is 0 Å². The third-order valence-electron chi connectivity index (χ3n) is 2.98. The van der Waals surface area contributed by atoms with Crippen molar-refractivity contribution in [3.8, 4) is 0 Å². The maximum atomic E-state index is 13.6. The summed E-state index contributed by atoms with van der Waals surface area (Å²) in [7, 11) is 3.67. The third kappa shape index (κ3) is 6.03. The van der Waals surface area contributed by atoms with E-state index in [-0.39, 0.29) is 5.82 Å². The Bertz CT molecular complexity index is 371. The predicted molar refractivity (Wildman–Crippen MR) is 78.2 cm³/mol. The molecule has 0 aliphatic carbocycles. The Labute approximate surface area is 115 Å². The SMILES string of the molecule is CCCNCc1cc(F)cc(N(C)CCCOC)c1. The highest BCUT2D eigenvalue weighted by Crippen LogP contribution is 2.18. The summed E-state index contributed by atoms with van der Waals surface area (Å²) in [5.41, 5.74) is 1.91. The average Bonchev–Trinajstić information content (AvgIpc) is 2.38. The van der Waals surface area contributed by atoms with Gasteiger partial charge in [0.15, 0.2) is 0 Å². The molecule has 0 heterocycles. The molecule has 0 bridgehead atoms. The van der Waals surface area contributed by atoms with Gasteiger partial charge < -0.3 is 15.0 Å². The molecule has 0 aromatic heterocycles. The van der Waals surface area contributed by atoms with Crippen LogP contribution in [0.25, 0.3) is 0 Å². The summed E-state index contributed by atoms with van der Waals surface area (Å²) in [6.07, 6.45) is 2.02. The summed E-state index contributed by atoms with van der Waals surface area (Å²) >= 11 is 0. The summed E-state index contributed by atoms with van der Waals surface area (Å²) in [5, 5.41) is 3.29. The smallest absolute Gasteiger partial charge is 0.125 e. The molecule has 1 N–H and O–H groups in total. The average molecular weight is 268 g/mol. The van der Waals surface area contributed by atoms with Crippen LogP contribution in [0.4, 0.5) is 10.1 Å². The van der Waals surface area contributed by atoms with E-state index in [0.717, 1.165) is 43.8 Å². The van der Waals surface area contributed by atoms with Crippen molar-refractivity contribution >= 4 is 5.69 Å². The minimum atomic E-state index is -0.176. The maximum Gasteiger partial charge on any atom is 0.125 e. The standard InChI is InChI=1S/C15H25FN2O/c1-4-6-17-12-13-9-14(16)11-15(10-13)18(2)7-5-8-19-3/h9-11,17H,4-8,12H2,1-3H3. The molecule has 4 heteroatoms. The van der Waals surface area contributed by atoms with Crippen LogP contribution in [0.5, 0.6) is 0 Å². The second-order valence-corrected chi connectivity index (χ2v) is 4.76. The topological polar surface area (TPSA) is 24.5 Å². The zero-order valence-corrected chi connectivity index (χ0v) is 12.2. The van der Waals surface area contributed by atoms with Crippen LogP contribution in [0.2, 0.25) is 0 Å². The number of halogens is 1. The number of nitrogens with one attached hydrogen (secondary N) is 1. The van der Waals surface area contributed by atoms with E-state index in [1.807, 2.05) is 13.1 Å². The molecule has 0 saturated heterocycles. The zero-order chi connectivity index (χ0) is 14.1. The summed E-state index contributed by atoms with van der Waals surface area (Å²) in [4.78, 5) is 2.06. The lowest BCUT2D eigenvalue weighted by Gasteiger charge is -2.20. The molecule has 0 amide bonds. The summed E-state index contributed by atoms with van der Waals surface area (Å²) < 4.78 is 18.6. The van der Waals surface area contributed by atoms with Crippen molar-refractivity contribution in [2.24, 2.45) is 0 Å². The van der Waals surface area contributed by atoms with Gasteiger partial charge in [-0.2, -0.15) is 0 Å². The Kier molecular flexibility index (Phi) is 7.45. The first-order valence-electron chi connectivity index (χ1n) is 6.87. The van der Waals surface area contributed by atoms with Crippen LogP contribution < -0.4 is 10.2 Å². The fraction of sp³-hybridized carbons (Fsp3) is 0.600. The van der Waals surface area contributed by atoms with Crippen LogP contribution in [-0.2, 0) is 11.3 Å². The van der Waals surface area contributed by atoms with Crippen molar-refractivity contribution in [3.63, 3.8) is 0 Å². The molecule has 0 atom stereocenters. The number of hydrogen-bond donors (Lipinski definition) is 1. The number of ether oxygens (including phenoxy) is 1. The second kappa shape index (κ2) is 8.88. The number of anilines is 1. The van der Waals surface area contributed by atoms with Gasteiger partial charge in [-0.05, 0) is 43.1 Å². The fourth-order valence-corrected chi connectivity index (χ4v) is 1.94. The summed E-state index contributed by atoms with van der Waals surface area (Å²) in [6.45, 7) is 5.37. The molecular weight excluding hydrogens is 243 g/mol. The maximum absolute atomic E-state index is 13.6. The highest BCUT2D eigenvalue weighted by atomic mass is 19.1. The largest absolute Gasteiger partial charge is 0.385 e. The second-order valence-electron chi connectivity index (χ2n) is 4.76. The van der Waals surface area contributed by atoms with Crippen LogP contribution in [-0.4, -0.2) is 33.9 Å². The molecule has 0 fully saturated rings. The molecule has 1 aromatic carbocycles. The predicted octanol–water partition coefficient (Wildman–Crippen LogP) is 2.80. The first-order valence-corrected chi connectivity index (χ1v) is 6.87. The van der Waals surface area contributed by atoms with Gasteiger partial charge in [0.1, 0.15) is 5.82 Å². The van der Waals surface area contributed by atoms with Crippen LogP contribution in [0.3, 0.4) is 0 Å². The van der Waals surface area contributed by atoms with E-state index in [0.29, 0.717) is 6.54 Å². The molecule has 0 radical (unpaired) electrons. The number of rotatable bonds is 9. The Balaban J connectivity index is 2.61.